The van der Waals surface area contributed by atoms with Crippen molar-refractivity contribution in [2.75, 3.05) is 6.61 Å². The second-order valence-electron chi connectivity index (χ2n) is 9.96. The van der Waals surface area contributed by atoms with Gasteiger partial charge in [0.2, 0.25) is 0 Å². The van der Waals surface area contributed by atoms with Crippen LogP contribution in [0.25, 0.3) is 6.08 Å². The van der Waals surface area contributed by atoms with Gasteiger partial charge in [-0.1, -0.05) is 71.5 Å². The molecule has 9 heteroatoms. The third kappa shape index (κ3) is 6.20. The molecular weight excluding hydrogens is 572 g/mol. The highest BCUT2D eigenvalue weighted by Gasteiger charge is 2.35. The summed E-state index contributed by atoms with van der Waals surface area (Å²) in [4.78, 5) is 32.6. The van der Waals surface area contributed by atoms with Gasteiger partial charge >= 0.3 is 5.97 Å². The lowest BCUT2D eigenvalue weighted by molar-refractivity contribution is -0.139. The van der Waals surface area contributed by atoms with Crippen molar-refractivity contribution in [3.05, 3.63) is 125 Å². The summed E-state index contributed by atoms with van der Waals surface area (Å²) in [7, 11) is 0. The van der Waals surface area contributed by atoms with E-state index in [1.807, 2.05) is 68.4 Å². The van der Waals surface area contributed by atoms with Gasteiger partial charge in [-0.3, -0.25) is 9.36 Å². The lowest BCUT2D eigenvalue weighted by atomic mass is 9.95. The van der Waals surface area contributed by atoms with Gasteiger partial charge in [0.1, 0.15) is 24.1 Å². The van der Waals surface area contributed by atoms with Gasteiger partial charge in [-0.2, -0.15) is 0 Å². The Morgan fingerprint density at radius 1 is 1.07 bits per heavy atom. The smallest absolute Gasteiger partial charge is 0.338 e. The van der Waals surface area contributed by atoms with Crippen LogP contribution in [0.15, 0.2) is 93.9 Å². The van der Waals surface area contributed by atoms with Gasteiger partial charge in [-0.05, 0) is 63.6 Å². The molecule has 2 heterocycles. The number of fused-ring (bicyclic) bond motifs is 1. The Morgan fingerprint density at radius 3 is 2.55 bits per heavy atom. The minimum Gasteiger partial charge on any atom is -0.491 e. The summed E-state index contributed by atoms with van der Waals surface area (Å²) < 4.78 is 19.6. The maximum atomic E-state index is 14.1. The number of hydrogen-bond acceptors (Lipinski definition) is 7. The van der Waals surface area contributed by atoms with Crippen molar-refractivity contribution in [3.8, 4) is 11.5 Å². The molecule has 0 radical (unpaired) electrons. The first kappa shape index (κ1) is 29.4. The van der Waals surface area contributed by atoms with E-state index in [0.29, 0.717) is 54.9 Å². The fraction of sp³-hybridized carbons (Fsp3) is 0.242. The summed E-state index contributed by atoms with van der Waals surface area (Å²) in [5.74, 6) is 0.642. The molecule has 0 fully saturated rings. The number of allylic oxidation sites excluding steroid dienone is 1. The van der Waals surface area contributed by atoms with Gasteiger partial charge in [0.25, 0.3) is 5.56 Å². The normalized spacial score (nSPS) is 14.9. The number of rotatable bonds is 9. The number of benzene rings is 3. The Bertz CT molecular complexity index is 1830. The molecule has 0 bridgehead atoms. The summed E-state index contributed by atoms with van der Waals surface area (Å²) >= 11 is 7.60. The molecule has 1 aliphatic heterocycles. The Morgan fingerprint density at radius 2 is 1.81 bits per heavy atom. The maximum Gasteiger partial charge on any atom is 0.338 e. The zero-order chi connectivity index (χ0) is 29.8. The lowest BCUT2D eigenvalue weighted by Gasteiger charge is -2.26. The van der Waals surface area contributed by atoms with Gasteiger partial charge in [-0.15, -0.1) is 0 Å². The Balaban J connectivity index is 1.66. The SMILES string of the molecule is CCOC(=O)C1=C(C)N=c2s/c(=C\c3cc(Cl)ccc3OCc3ccccc3)c(=O)n2[C@@H]1c1ccccc1OC(C)C. The van der Waals surface area contributed by atoms with Crippen molar-refractivity contribution < 1.29 is 19.0 Å². The number of carbonyl (C=O) groups is 1. The fourth-order valence-corrected chi connectivity index (χ4v) is 6.01. The van der Waals surface area contributed by atoms with E-state index in [1.165, 1.54) is 11.3 Å². The summed E-state index contributed by atoms with van der Waals surface area (Å²) in [5, 5.41) is 0.513. The molecule has 0 saturated heterocycles. The van der Waals surface area contributed by atoms with Crippen molar-refractivity contribution in [2.24, 2.45) is 4.99 Å². The predicted molar refractivity (Wildman–Crippen MR) is 165 cm³/mol. The van der Waals surface area contributed by atoms with Crippen molar-refractivity contribution in [3.63, 3.8) is 0 Å². The Hall–Kier alpha value is -4.14. The van der Waals surface area contributed by atoms with Gasteiger partial charge in [0.15, 0.2) is 4.80 Å². The molecular formula is C33H31ClN2O5S. The summed E-state index contributed by atoms with van der Waals surface area (Å²) in [6, 6.07) is 21.8. The largest absolute Gasteiger partial charge is 0.491 e. The molecule has 0 N–H and O–H groups in total. The molecule has 0 aliphatic carbocycles. The maximum absolute atomic E-state index is 14.1. The molecule has 42 heavy (non-hydrogen) atoms. The first-order valence-corrected chi connectivity index (χ1v) is 14.9. The van der Waals surface area contributed by atoms with Crippen LogP contribution < -0.4 is 24.4 Å². The van der Waals surface area contributed by atoms with Gasteiger partial charge < -0.3 is 14.2 Å². The fourth-order valence-electron chi connectivity index (χ4n) is 4.79. The molecule has 0 unspecified atom stereocenters. The quantitative estimate of drug-likeness (QED) is 0.226. The van der Waals surface area contributed by atoms with E-state index in [4.69, 9.17) is 25.8 Å². The van der Waals surface area contributed by atoms with Crippen LogP contribution in [0.5, 0.6) is 11.5 Å². The molecule has 0 spiro atoms. The number of nitrogens with zero attached hydrogens (tertiary/aromatic N) is 2. The minimum absolute atomic E-state index is 0.116. The highest BCUT2D eigenvalue weighted by atomic mass is 35.5. The average Bonchev–Trinajstić information content (AvgIpc) is 3.26. The van der Waals surface area contributed by atoms with E-state index < -0.39 is 12.0 Å². The number of halogens is 1. The van der Waals surface area contributed by atoms with E-state index in [9.17, 15) is 9.59 Å². The molecule has 0 amide bonds. The second-order valence-corrected chi connectivity index (χ2v) is 11.4. The lowest BCUT2D eigenvalue weighted by Crippen LogP contribution is -2.40. The van der Waals surface area contributed by atoms with Crippen molar-refractivity contribution in [1.29, 1.82) is 0 Å². The number of thiazole rings is 1. The monoisotopic (exact) mass is 602 g/mol. The van der Waals surface area contributed by atoms with E-state index in [1.54, 1.807) is 42.7 Å². The Labute approximate surface area is 253 Å². The van der Waals surface area contributed by atoms with Crippen molar-refractivity contribution >= 4 is 35.0 Å². The molecule has 1 aromatic heterocycles. The zero-order valence-corrected chi connectivity index (χ0v) is 25.4. The number of para-hydroxylation sites is 1. The Kier molecular flexibility index (Phi) is 8.94. The predicted octanol–water partition coefficient (Wildman–Crippen LogP) is 5.82. The van der Waals surface area contributed by atoms with Crippen LogP contribution in [-0.4, -0.2) is 23.2 Å². The van der Waals surface area contributed by atoms with Crippen molar-refractivity contribution in [2.45, 2.75) is 46.4 Å². The van der Waals surface area contributed by atoms with Crippen molar-refractivity contribution in [1.82, 2.24) is 4.57 Å². The number of ether oxygens (including phenoxy) is 3. The second kappa shape index (κ2) is 12.8. The van der Waals surface area contributed by atoms with Crippen LogP contribution in [0, 0.1) is 0 Å². The van der Waals surface area contributed by atoms with Gasteiger partial charge in [-0.25, -0.2) is 9.79 Å². The molecule has 216 valence electrons. The third-order valence-corrected chi connectivity index (χ3v) is 7.81. The average molecular weight is 603 g/mol. The van der Waals surface area contributed by atoms with Crippen LogP contribution >= 0.6 is 22.9 Å². The van der Waals surface area contributed by atoms with E-state index in [0.717, 1.165) is 5.56 Å². The van der Waals surface area contributed by atoms with Gasteiger partial charge in [0.05, 0.1) is 28.5 Å². The third-order valence-electron chi connectivity index (χ3n) is 6.59. The minimum atomic E-state index is -0.787. The molecule has 4 aromatic rings. The topological polar surface area (TPSA) is 79.1 Å². The van der Waals surface area contributed by atoms with E-state index >= 15 is 0 Å². The van der Waals surface area contributed by atoms with Crippen LogP contribution in [0.4, 0.5) is 0 Å². The molecule has 3 aromatic carbocycles. The standard InChI is InChI=1S/C33H31ClN2O5S/c1-5-39-32(38)29-21(4)35-33-36(30(29)25-13-9-10-14-27(25)41-20(2)3)31(37)28(42-33)18-23-17-24(34)15-16-26(23)40-19-22-11-7-6-8-12-22/h6-18,20,30H,5,19H2,1-4H3/b28-18-/t30-/m1/s1. The number of hydrogen-bond donors (Lipinski definition) is 0. The summed E-state index contributed by atoms with van der Waals surface area (Å²) in [6.07, 6.45) is 1.64. The summed E-state index contributed by atoms with van der Waals surface area (Å²) in [6.45, 7) is 7.91. The zero-order valence-electron chi connectivity index (χ0n) is 23.8. The number of carbonyl (C=O) groups excluding carboxylic acids is 1. The number of esters is 1. The van der Waals surface area contributed by atoms with Crippen LogP contribution in [0.3, 0.4) is 0 Å². The van der Waals surface area contributed by atoms with E-state index in [-0.39, 0.29) is 18.3 Å². The molecule has 5 rings (SSSR count). The first-order chi connectivity index (χ1) is 20.3. The highest BCUT2D eigenvalue weighted by molar-refractivity contribution is 7.07. The van der Waals surface area contributed by atoms with Crippen LogP contribution in [0.1, 0.15) is 50.4 Å². The van der Waals surface area contributed by atoms with Crippen LogP contribution in [0.2, 0.25) is 5.02 Å². The molecule has 0 saturated carbocycles. The number of aromatic nitrogens is 1. The van der Waals surface area contributed by atoms with Gasteiger partial charge in [0, 0.05) is 16.1 Å². The molecule has 7 nitrogen and oxygen atoms in total. The highest BCUT2D eigenvalue weighted by Crippen LogP contribution is 2.36. The first-order valence-electron chi connectivity index (χ1n) is 13.7. The summed E-state index contributed by atoms with van der Waals surface area (Å²) in [5.41, 5.74) is 2.83. The molecule has 1 aliphatic rings. The van der Waals surface area contributed by atoms with E-state index in [2.05, 4.69) is 4.99 Å². The molecule has 1 atom stereocenters. The van der Waals surface area contributed by atoms with Crippen LogP contribution in [-0.2, 0) is 16.1 Å².